The van der Waals surface area contributed by atoms with E-state index in [1.54, 1.807) is 11.3 Å². The van der Waals surface area contributed by atoms with E-state index in [-0.39, 0.29) is 0 Å². The second kappa shape index (κ2) is 5.32. The van der Waals surface area contributed by atoms with Gasteiger partial charge >= 0.3 is 0 Å². The molecular weight excluding hydrogens is 216 g/mol. The SMILES string of the molecule is CC(C)NCc1cccn1Cc1ccsc1. The van der Waals surface area contributed by atoms with Crippen LogP contribution in [0, 0.1) is 0 Å². The lowest BCUT2D eigenvalue weighted by molar-refractivity contribution is 0.564. The molecule has 0 aromatic carbocycles. The summed E-state index contributed by atoms with van der Waals surface area (Å²) in [4.78, 5) is 0. The van der Waals surface area contributed by atoms with Crippen LogP contribution in [0.1, 0.15) is 25.1 Å². The fourth-order valence-corrected chi connectivity index (χ4v) is 2.31. The Labute approximate surface area is 101 Å². The molecule has 0 spiro atoms. The molecule has 2 aromatic heterocycles. The van der Waals surface area contributed by atoms with Crippen molar-refractivity contribution in [2.75, 3.05) is 0 Å². The zero-order chi connectivity index (χ0) is 11.4. The molecule has 0 saturated heterocycles. The van der Waals surface area contributed by atoms with Crippen molar-refractivity contribution in [1.82, 2.24) is 9.88 Å². The fourth-order valence-electron chi connectivity index (χ4n) is 1.65. The molecule has 2 heterocycles. The normalized spacial score (nSPS) is 11.2. The monoisotopic (exact) mass is 234 g/mol. The molecule has 0 aliphatic heterocycles. The number of rotatable bonds is 5. The third-order valence-electron chi connectivity index (χ3n) is 2.55. The van der Waals surface area contributed by atoms with E-state index in [4.69, 9.17) is 0 Å². The quantitative estimate of drug-likeness (QED) is 0.841. The molecule has 0 unspecified atom stereocenters. The smallest absolute Gasteiger partial charge is 0.0481 e. The number of hydrogen-bond acceptors (Lipinski definition) is 2. The van der Waals surface area contributed by atoms with Gasteiger partial charge in [0, 0.05) is 31.0 Å². The van der Waals surface area contributed by atoms with E-state index in [1.807, 2.05) is 0 Å². The Balaban J connectivity index is 2.01. The zero-order valence-electron chi connectivity index (χ0n) is 9.81. The van der Waals surface area contributed by atoms with Gasteiger partial charge in [-0.05, 0) is 34.5 Å². The highest BCUT2D eigenvalue weighted by Crippen LogP contribution is 2.11. The van der Waals surface area contributed by atoms with Gasteiger partial charge < -0.3 is 9.88 Å². The summed E-state index contributed by atoms with van der Waals surface area (Å²) in [5, 5.41) is 7.79. The molecule has 0 aliphatic carbocycles. The van der Waals surface area contributed by atoms with Gasteiger partial charge in [0.15, 0.2) is 0 Å². The Kier molecular flexibility index (Phi) is 3.80. The van der Waals surface area contributed by atoms with Crippen molar-refractivity contribution in [3.63, 3.8) is 0 Å². The Hall–Kier alpha value is -1.06. The Morgan fingerprint density at radius 3 is 2.94 bits per heavy atom. The van der Waals surface area contributed by atoms with Crippen molar-refractivity contribution < 1.29 is 0 Å². The second-order valence-corrected chi connectivity index (χ2v) is 5.07. The lowest BCUT2D eigenvalue weighted by Crippen LogP contribution is -2.23. The topological polar surface area (TPSA) is 17.0 Å². The van der Waals surface area contributed by atoms with Gasteiger partial charge in [-0.3, -0.25) is 0 Å². The maximum absolute atomic E-state index is 3.45. The molecule has 1 N–H and O–H groups in total. The third kappa shape index (κ3) is 2.97. The highest BCUT2D eigenvalue weighted by Gasteiger charge is 2.02. The van der Waals surface area contributed by atoms with Crippen LogP contribution in [0.25, 0.3) is 0 Å². The molecule has 0 saturated carbocycles. The molecule has 0 fully saturated rings. The van der Waals surface area contributed by atoms with Crippen molar-refractivity contribution in [1.29, 1.82) is 0 Å². The minimum absolute atomic E-state index is 0.532. The first-order chi connectivity index (χ1) is 7.75. The van der Waals surface area contributed by atoms with Gasteiger partial charge in [0.25, 0.3) is 0 Å². The molecule has 86 valence electrons. The van der Waals surface area contributed by atoms with Gasteiger partial charge in [-0.1, -0.05) is 13.8 Å². The lowest BCUT2D eigenvalue weighted by Gasteiger charge is -2.11. The van der Waals surface area contributed by atoms with Crippen LogP contribution < -0.4 is 5.32 Å². The third-order valence-corrected chi connectivity index (χ3v) is 3.28. The van der Waals surface area contributed by atoms with Crippen LogP contribution in [0.4, 0.5) is 0 Å². The van der Waals surface area contributed by atoms with Gasteiger partial charge in [-0.15, -0.1) is 0 Å². The van der Waals surface area contributed by atoms with Crippen molar-refractivity contribution in [2.45, 2.75) is 33.0 Å². The van der Waals surface area contributed by atoms with Crippen LogP contribution in [0.3, 0.4) is 0 Å². The van der Waals surface area contributed by atoms with Crippen LogP contribution in [0.2, 0.25) is 0 Å². The van der Waals surface area contributed by atoms with Crippen LogP contribution >= 0.6 is 11.3 Å². The molecular formula is C13H18N2S. The molecule has 2 nitrogen and oxygen atoms in total. The first-order valence-electron chi connectivity index (χ1n) is 5.64. The Morgan fingerprint density at radius 1 is 1.38 bits per heavy atom. The molecule has 2 aromatic rings. The van der Waals surface area contributed by atoms with E-state index in [9.17, 15) is 0 Å². The number of hydrogen-bond donors (Lipinski definition) is 1. The first kappa shape index (κ1) is 11.4. The Morgan fingerprint density at radius 2 is 2.25 bits per heavy atom. The predicted octanol–water partition coefficient (Wildman–Crippen LogP) is 3.10. The minimum atomic E-state index is 0.532. The van der Waals surface area contributed by atoms with E-state index >= 15 is 0 Å². The molecule has 0 atom stereocenters. The number of aromatic nitrogens is 1. The maximum atomic E-state index is 3.45. The highest BCUT2D eigenvalue weighted by atomic mass is 32.1. The van der Waals surface area contributed by atoms with Crippen molar-refractivity contribution >= 4 is 11.3 Å². The zero-order valence-corrected chi connectivity index (χ0v) is 10.6. The summed E-state index contributed by atoms with van der Waals surface area (Å²) in [7, 11) is 0. The van der Waals surface area contributed by atoms with Crippen molar-refractivity contribution in [3.8, 4) is 0 Å². The summed E-state index contributed by atoms with van der Waals surface area (Å²) < 4.78 is 2.30. The molecule has 0 radical (unpaired) electrons. The molecule has 3 heteroatoms. The van der Waals surface area contributed by atoms with E-state index in [1.165, 1.54) is 11.3 Å². The first-order valence-corrected chi connectivity index (χ1v) is 6.58. The summed E-state index contributed by atoms with van der Waals surface area (Å²) in [6, 6.07) is 7.01. The largest absolute Gasteiger partial charge is 0.346 e. The fraction of sp³-hybridized carbons (Fsp3) is 0.385. The standard InChI is InChI=1S/C13H18N2S/c1-11(2)14-8-13-4-3-6-15(13)9-12-5-7-16-10-12/h3-7,10-11,14H,8-9H2,1-2H3. The van der Waals surface area contributed by atoms with Crippen LogP contribution in [0.5, 0.6) is 0 Å². The maximum Gasteiger partial charge on any atom is 0.0481 e. The van der Waals surface area contributed by atoms with Crippen LogP contribution in [0.15, 0.2) is 35.2 Å². The summed E-state index contributed by atoms with van der Waals surface area (Å²) >= 11 is 1.76. The minimum Gasteiger partial charge on any atom is -0.346 e. The van der Waals surface area contributed by atoms with Gasteiger partial charge in [0.2, 0.25) is 0 Å². The van der Waals surface area contributed by atoms with Gasteiger partial charge in [-0.2, -0.15) is 11.3 Å². The summed E-state index contributed by atoms with van der Waals surface area (Å²) in [5.41, 5.74) is 2.73. The lowest BCUT2D eigenvalue weighted by atomic mass is 10.3. The van der Waals surface area contributed by atoms with Crippen LogP contribution in [-0.4, -0.2) is 10.6 Å². The van der Waals surface area contributed by atoms with Crippen LogP contribution in [-0.2, 0) is 13.1 Å². The van der Waals surface area contributed by atoms with Gasteiger partial charge in [0.05, 0.1) is 0 Å². The van der Waals surface area contributed by atoms with Crippen molar-refractivity contribution in [3.05, 3.63) is 46.4 Å². The van der Waals surface area contributed by atoms with E-state index in [0.717, 1.165) is 13.1 Å². The molecule has 0 amide bonds. The molecule has 16 heavy (non-hydrogen) atoms. The predicted molar refractivity (Wildman–Crippen MR) is 69.8 cm³/mol. The highest BCUT2D eigenvalue weighted by molar-refractivity contribution is 7.07. The average Bonchev–Trinajstić information content (AvgIpc) is 2.87. The van der Waals surface area contributed by atoms with Gasteiger partial charge in [0.1, 0.15) is 0 Å². The number of nitrogens with zero attached hydrogens (tertiary/aromatic N) is 1. The van der Waals surface area contributed by atoms with Gasteiger partial charge in [-0.25, -0.2) is 0 Å². The molecule has 0 aliphatic rings. The summed E-state index contributed by atoms with van der Waals surface area (Å²) in [5.74, 6) is 0. The average molecular weight is 234 g/mol. The molecule has 0 bridgehead atoms. The van der Waals surface area contributed by atoms with E-state index < -0.39 is 0 Å². The Bertz CT molecular complexity index is 415. The molecule has 2 rings (SSSR count). The summed E-state index contributed by atoms with van der Waals surface area (Å²) in [6.45, 7) is 6.26. The van der Waals surface area contributed by atoms with E-state index in [2.05, 4.69) is 58.9 Å². The van der Waals surface area contributed by atoms with E-state index in [0.29, 0.717) is 6.04 Å². The number of thiophene rings is 1. The summed E-state index contributed by atoms with van der Waals surface area (Å²) in [6.07, 6.45) is 2.15. The number of nitrogens with one attached hydrogen (secondary N) is 1. The van der Waals surface area contributed by atoms with Crippen molar-refractivity contribution in [2.24, 2.45) is 0 Å². The second-order valence-electron chi connectivity index (χ2n) is 4.29.